The van der Waals surface area contributed by atoms with Gasteiger partial charge in [-0.25, -0.2) is 9.78 Å². The lowest BCUT2D eigenvalue weighted by atomic mass is 9.89. The number of aromatic nitrogens is 1. The van der Waals surface area contributed by atoms with E-state index in [1.807, 2.05) is 18.2 Å². The van der Waals surface area contributed by atoms with Gasteiger partial charge in [0.1, 0.15) is 18.6 Å². The number of ether oxygens (including phenoxy) is 5. The molecule has 2 heterocycles. The van der Waals surface area contributed by atoms with Crippen LogP contribution < -0.4 is 14.8 Å². The maximum absolute atomic E-state index is 13.3. The Bertz CT molecular complexity index is 1210. The molecule has 12 nitrogen and oxygen atoms in total. The quantitative estimate of drug-likeness (QED) is 0.369. The Hall–Kier alpha value is -4.22. The minimum Gasteiger partial charge on any atom is -0.493 e. The van der Waals surface area contributed by atoms with E-state index in [2.05, 4.69) is 10.3 Å². The van der Waals surface area contributed by atoms with E-state index in [4.69, 9.17) is 23.7 Å². The number of nitrogens with zero attached hydrogens (tertiary/aromatic N) is 1. The van der Waals surface area contributed by atoms with Gasteiger partial charge in [0, 0.05) is 19.2 Å². The second-order valence-electron chi connectivity index (χ2n) is 9.71. The Labute approximate surface area is 232 Å². The average molecular weight is 559 g/mol. The topological polar surface area (TPSA) is 156 Å². The molecule has 0 saturated carbocycles. The number of nitrogens with one attached hydrogen (secondary N) is 1. The van der Waals surface area contributed by atoms with Crippen molar-refractivity contribution in [1.29, 1.82) is 0 Å². The van der Waals surface area contributed by atoms with Crippen LogP contribution in [0.3, 0.4) is 0 Å². The molecule has 1 fully saturated rings. The van der Waals surface area contributed by atoms with Crippen molar-refractivity contribution in [2.75, 3.05) is 13.7 Å². The van der Waals surface area contributed by atoms with Gasteiger partial charge in [0.15, 0.2) is 23.6 Å². The molecule has 12 heteroatoms. The van der Waals surface area contributed by atoms with Crippen molar-refractivity contribution < 1.29 is 47.7 Å². The summed E-state index contributed by atoms with van der Waals surface area (Å²) in [6, 6.07) is -0.0475. The fourth-order valence-corrected chi connectivity index (χ4v) is 4.18. The van der Waals surface area contributed by atoms with Crippen LogP contribution in [0.1, 0.15) is 57.4 Å². The minimum atomic E-state index is -1.44. The number of rotatable bonds is 8. The molecule has 0 aromatic carbocycles. The molecule has 1 aromatic rings. The number of pyridine rings is 1. The van der Waals surface area contributed by atoms with Gasteiger partial charge in [-0.1, -0.05) is 37.6 Å². The number of carbonyl (C=O) groups excluding carboxylic acids is 5. The molecule has 2 unspecified atom stereocenters. The first-order valence-electron chi connectivity index (χ1n) is 13.0. The Morgan fingerprint density at radius 2 is 1.93 bits per heavy atom. The second-order valence-corrected chi connectivity index (χ2v) is 9.71. The molecule has 0 radical (unpaired) electrons. The summed E-state index contributed by atoms with van der Waals surface area (Å²) in [5.74, 6) is -5.47. The molecule has 2 aliphatic rings. The zero-order chi connectivity index (χ0) is 29.4. The zero-order valence-corrected chi connectivity index (χ0v) is 23.1. The van der Waals surface area contributed by atoms with E-state index in [0.29, 0.717) is 0 Å². The highest BCUT2D eigenvalue weighted by molar-refractivity contribution is 5.99. The number of hydrogen-bond acceptors (Lipinski definition) is 11. The molecule has 0 spiro atoms. The van der Waals surface area contributed by atoms with Gasteiger partial charge < -0.3 is 29.0 Å². The number of amides is 1. The molecule has 1 amide bonds. The Kier molecular flexibility index (Phi) is 10.4. The maximum Gasteiger partial charge on any atom is 0.332 e. The first-order valence-corrected chi connectivity index (χ1v) is 13.0. The number of allylic oxidation sites excluding steroid dienone is 4. The van der Waals surface area contributed by atoms with Gasteiger partial charge >= 0.3 is 23.9 Å². The lowest BCUT2D eigenvalue weighted by Gasteiger charge is -2.30. The number of carbonyl (C=O) groups is 5. The predicted molar refractivity (Wildman–Crippen MR) is 139 cm³/mol. The van der Waals surface area contributed by atoms with Crippen LogP contribution >= 0.6 is 0 Å². The molecule has 1 saturated heterocycles. The molecule has 40 heavy (non-hydrogen) atoms. The fourth-order valence-electron chi connectivity index (χ4n) is 4.18. The van der Waals surface area contributed by atoms with Crippen LogP contribution in [-0.4, -0.2) is 66.7 Å². The average Bonchev–Trinajstić information content (AvgIpc) is 2.95. The molecule has 1 aliphatic carbocycles. The fraction of sp³-hybridized carbons (Fsp3) is 0.500. The number of esters is 4. The summed E-state index contributed by atoms with van der Waals surface area (Å²) in [4.78, 5) is 67.7. The van der Waals surface area contributed by atoms with E-state index in [9.17, 15) is 24.0 Å². The summed E-state index contributed by atoms with van der Waals surface area (Å²) < 4.78 is 27.0. The largest absolute Gasteiger partial charge is 0.493 e. The van der Waals surface area contributed by atoms with Gasteiger partial charge in [-0.15, -0.1) is 0 Å². The monoisotopic (exact) mass is 558 g/mol. The van der Waals surface area contributed by atoms with Gasteiger partial charge in [0.25, 0.3) is 5.91 Å². The molecular weight excluding hydrogens is 524 g/mol. The van der Waals surface area contributed by atoms with Crippen LogP contribution in [0.4, 0.5) is 0 Å². The van der Waals surface area contributed by atoms with Crippen molar-refractivity contribution in [3.63, 3.8) is 0 Å². The van der Waals surface area contributed by atoms with Gasteiger partial charge in [0.05, 0.1) is 13.0 Å². The number of hydrogen-bond donors (Lipinski definition) is 1. The van der Waals surface area contributed by atoms with Crippen LogP contribution in [0.15, 0.2) is 36.1 Å². The van der Waals surface area contributed by atoms with E-state index in [1.54, 1.807) is 13.8 Å². The molecule has 1 aliphatic heterocycles. The third-order valence-corrected chi connectivity index (χ3v) is 6.25. The van der Waals surface area contributed by atoms with E-state index in [0.717, 1.165) is 25.3 Å². The summed E-state index contributed by atoms with van der Waals surface area (Å²) in [5, 5.41) is 2.43. The van der Waals surface area contributed by atoms with Crippen molar-refractivity contribution in [1.82, 2.24) is 10.3 Å². The summed E-state index contributed by atoms with van der Waals surface area (Å²) in [5.41, 5.74) is 0.530. The van der Waals surface area contributed by atoms with Crippen LogP contribution in [0.5, 0.6) is 11.5 Å². The molecule has 4 atom stereocenters. The lowest BCUT2D eigenvalue weighted by Crippen LogP contribution is -2.47. The highest BCUT2D eigenvalue weighted by Gasteiger charge is 2.42. The highest BCUT2D eigenvalue weighted by Crippen LogP contribution is 2.31. The Balaban J connectivity index is 1.88. The van der Waals surface area contributed by atoms with E-state index in [1.165, 1.54) is 26.3 Å². The third kappa shape index (κ3) is 7.67. The molecule has 3 rings (SSSR count). The lowest BCUT2D eigenvalue weighted by molar-refractivity contribution is -0.176. The summed E-state index contributed by atoms with van der Waals surface area (Å²) in [7, 11) is 1.32. The summed E-state index contributed by atoms with van der Waals surface area (Å²) in [6.45, 7) is 5.39. The van der Waals surface area contributed by atoms with Crippen molar-refractivity contribution in [2.24, 2.45) is 11.8 Å². The zero-order valence-electron chi connectivity index (χ0n) is 23.1. The third-order valence-electron chi connectivity index (χ3n) is 6.25. The van der Waals surface area contributed by atoms with E-state index in [-0.39, 0.29) is 23.6 Å². The summed E-state index contributed by atoms with van der Waals surface area (Å²) >= 11 is 0. The van der Waals surface area contributed by atoms with Crippen LogP contribution in [0.25, 0.3) is 0 Å². The predicted octanol–water partition coefficient (Wildman–Crippen LogP) is 2.45. The Morgan fingerprint density at radius 3 is 2.55 bits per heavy atom. The normalized spacial score (nSPS) is 23.0. The molecule has 1 aromatic heterocycles. The van der Waals surface area contributed by atoms with Crippen molar-refractivity contribution in [3.8, 4) is 11.5 Å². The molecular formula is C28H34N2O10. The van der Waals surface area contributed by atoms with Gasteiger partial charge in [-0.05, 0) is 26.2 Å². The van der Waals surface area contributed by atoms with Crippen LogP contribution in [0, 0.1) is 11.8 Å². The van der Waals surface area contributed by atoms with Crippen LogP contribution in [-0.2, 0) is 33.4 Å². The number of cyclic esters (lactones) is 2. The molecule has 1 N–H and O–H groups in total. The molecule has 0 bridgehead atoms. The first-order chi connectivity index (χ1) is 19.0. The smallest absolute Gasteiger partial charge is 0.332 e. The van der Waals surface area contributed by atoms with Gasteiger partial charge in [0.2, 0.25) is 5.75 Å². The maximum atomic E-state index is 13.3. The van der Waals surface area contributed by atoms with E-state index < -0.39 is 66.5 Å². The summed E-state index contributed by atoms with van der Waals surface area (Å²) in [6.07, 6.45) is 6.82. The molecule has 216 valence electrons. The van der Waals surface area contributed by atoms with Crippen molar-refractivity contribution >= 4 is 29.8 Å². The van der Waals surface area contributed by atoms with Crippen LogP contribution in [0.2, 0.25) is 0 Å². The Morgan fingerprint density at radius 1 is 1.18 bits per heavy atom. The first kappa shape index (κ1) is 30.3. The minimum absolute atomic E-state index is 0.0659. The van der Waals surface area contributed by atoms with E-state index >= 15 is 0 Å². The number of methoxy groups -OCH3 is 1. The SMILES string of the molecule is COc1ccnc(C(=O)N[C@H]2COC(=O)C(CC3=CCCC=C3)[C@@H](OC(=O)C(C)C)C(C)OC2=O)c1OC(C)=O. The highest BCUT2D eigenvalue weighted by atomic mass is 16.6. The van der Waals surface area contributed by atoms with Crippen molar-refractivity contribution in [3.05, 3.63) is 41.8 Å². The van der Waals surface area contributed by atoms with Gasteiger partial charge in [-0.3, -0.25) is 19.2 Å². The van der Waals surface area contributed by atoms with Gasteiger partial charge in [-0.2, -0.15) is 0 Å². The standard InChI is InChI=1S/C28H34N2O10/c1-15(2)26(33)40-23-16(3)38-28(35)20(14-37-27(34)19(23)13-18-9-7-6-8-10-18)30-25(32)22-24(39-17(4)31)21(36-5)11-12-29-22/h7,9-12,15-16,19-20,23H,6,8,13-14H2,1-5H3,(H,30,32)/t16?,19?,20-,23-/m0/s1. The van der Waals surface area contributed by atoms with Crippen molar-refractivity contribution in [2.45, 2.75) is 65.2 Å². The second kappa shape index (κ2) is 13.7.